The van der Waals surface area contributed by atoms with Gasteiger partial charge in [-0.1, -0.05) is 6.58 Å². The number of carbonyl (C=O) groups excluding carboxylic acids is 1. The van der Waals surface area contributed by atoms with Crippen molar-refractivity contribution in [2.75, 3.05) is 39.3 Å². The van der Waals surface area contributed by atoms with Crippen LogP contribution in [-0.4, -0.2) is 50.2 Å². The third kappa shape index (κ3) is 3.89. The van der Waals surface area contributed by atoms with Crippen molar-refractivity contribution in [2.24, 2.45) is 0 Å². The minimum absolute atomic E-state index is 0.299. The molecule has 1 rings (SSSR count). The second-order valence-electron chi connectivity index (χ2n) is 3.43. The van der Waals surface area contributed by atoms with Gasteiger partial charge >= 0.3 is 5.97 Å². The summed E-state index contributed by atoms with van der Waals surface area (Å²) in [4.78, 5) is 13.3. The fourth-order valence-corrected chi connectivity index (χ4v) is 1.26. The lowest BCUT2D eigenvalue weighted by atomic mass is 10.3. The molecule has 0 aliphatic carbocycles. The van der Waals surface area contributed by atoms with Crippen molar-refractivity contribution in [2.45, 2.75) is 6.92 Å². The van der Waals surface area contributed by atoms with Crippen LogP contribution in [0.4, 0.5) is 0 Å². The Labute approximate surface area is 84.9 Å². The highest BCUT2D eigenvalue weighted by Crippen LogP contribution is 1.95. The van der Waals surface area contributed by atoms with Crippen LogP contribution in [0.2, 0.25) is 0 Å². The largest absolute Gasteiger partial charge is 0.461 e. The van der Waals surface area contributed by atoms with E-state index >= 15 is 0 Å². The van der Waals surface area contributed by atoms with Crippen LogP contribution in [0.25, 0.3) is 0 Å². The Morgan fingerprint density at radius 3 is 2.71 bits per heavy atom. The molecule has 14 heavy (non-hydrogen) atoms. The van der Waals surface area contributed by atoms with Gasteiger partial charge in [0.05, 0.1) is 0 Å². The van der Waals surface area contributed by atoms with Crippen molar-refractivity contribution in [3.63, 3.8) is 0 Å². The van der Waals surface area contributed by atoms with E-state index in [0.717, 1.165) is 32.7 Å². The normalized spacial score (nSPS) is 17.8. The summed E-state index contributed by atoms with van der Waals surface area (Å²) in [6, 6.07) is 0. The second kappa shape index (κ2) is 5.78. The molecule has 79 valence electrons. The predicted octanol–water partition coefficient (Wildman–Crippen LogP) is 0.0257. The molecular formula is C10H17N2O2. The SMILES string of the molecule is C=C(C)C(=O)OCCN1CC[N]CC1. The van der Waals surface area contributed by atoms with Crippen LogP contribution in [0.5, 0.6) is 0 Å². The Kier molecular flexibility index (Phi) is 4.62. The number of esters is 1. The number of nitrogens with zero attached hydrogens (tertiary/aromatic N) is 2. The predicted molar refractivity (Wildman–Crippen MR) is 54.1 cm³/mol. The van der Waals surface area contributed by atoms with Gasteiger partial charge < -0.3 is 4.74 Å². The minimum Gasteiger partial charge on any atom is -0.461 e. The number of hydrogen-bond donors (Lipinski definition) is 0. The van der Waals surface area contributed by atoms with Gasteiger partial charge in [-0.3, -0.25) is 4.90 Å². The molecule has 0 saturated carbocycles. The lowest BCUT2D eigenvalue weighted by Crippen LogP contribution is -2.41. The van der Waals surface area contributed by atoms with Crippen molar-refractivity contribution in [3.8, 4) is 0 Å². The molecule has 0 aromatic heterocycles. The molecule has 0 unspecified atom stereocenters. The Balaban J connectivity index is 2.08. The summed E-state index contributed by atoms with van der Waals surface area (Å²) in [5.74, 6) is -0.299. The molecule has 1 saturated heterocycles. The molecule has 1 fully saturated rings. The number of rotatable bonds is 4. The molecule has 1 radical (unpaired) electrons. The van der Waals surface area contributed by atoms with Gasteiger partial charge in [0, 0.05) is 38.3 Å². The van der Waals surface area contributed by atoms with Gasteiger partial charge in [0.25, 0.3) is 0 Å². The van der Waals surface area contributed by atoms with Gasteiger partial charge in [-0.25, -0.2) is 10.1 Å². The molecule has 0 amide bonds. The molecule has 0 aromatic carbocycles. The van der Waals surface area contributed by atoms with Gasteiger partial charge in [0.2, 0.25) is 0 Å². The summed E-state index contributed by atoms with van der Waals surface area (Å²) in [6.45, 7) is 10.2. The van der Waals surface area contributed by atoms with Gasteiger partial charge in [0.1, 0.15) is 6.61 Å². The van der Waals surface area contributed by atoms with Crippen molar-refractivity contribution < 1.29 is 9.53 Å². The molecule has 1 aliphatic heterocycles. The van der Waals surface area contributed by atoms with Crippen LogP contribution in [0.3, 0.4) is 0 Å². The fourth-order valence-electron chi connectivity index (χ4n) is 1.26. The quantitative estimate of drug-likeness (QED) is 0.471. The van der Waals surface area contributed by atoms with Crippen molar-refractivity contribution in [3.05, 3.63) is 12.2 Å². The van der Waals surface area contributed by atoms with Crippen molar-refractivity contribution in [1.82, 2.24) is 10.2 Å². The summed E-state index contributed by atoms with van der Waals surface area (Å²) in [5.41, 5.74) is 0.457. The zero-order valence-corrected chi connectivity index (χ0v) is 8.66. The number of piperazine rings is 1. The Bertz CT molecular complexity index is 210. The van der Waals surface area contributed by atoms with Crippen LogP contribution in [0, 0.1) is 0 Å². The molecule has 0 atom stereocenters. The first-order chi connectivity index (χ1) is 6.70. The van der Waals surface area contributed by atoms with Crippen molar-refractivity contribution in [1.29, 1.82) is 0 Å². The van der Waals surface area contributed by atoms with Crippen LogP contribution < -0.4 is 5.32 Å². The first kappa shape index (κ1) is 11.2. The number of hydrogen-bond acceptors (Lipinski definition) is 3. The highest BCUT2D eigenvalue weighted by atomic mass is 16.5. The average molecular weight is 197 g/mol. The molecule has 0 aromatic rings. The standard InChI is InChI=1S/C10H17N2O2/c1-9(2)10(13)14-8-7-12-5-3-11-4-6-12/h1,3-8H2,2H3. The van der Waals surface area contributed by atoms with E-state index in [4.69, 9.17) is 4.74 Å². The maximum Gasteiger partial charge on any atom is 0.333 e. The van der Waals surface area contributed by atoms with E-state index in [1.165, 1.54) is 0 Å². The van der Waals surface area contributed by atoms with Crippen molar-refractivity contribution >= 4 is 5.97 Å². The average Bonchev–Trinajstić information content (AvgIpc) is 2.19. The smallest absolute Gasteiger partial charge is 0.333 e. The second-order valence-corrected chi connectivity index (χ2v) is 3.43. The zero-order chi connectivity index (χ0) is 10.4. The lowest BCUT2D eigenvalue weighted by Gasteiger charge is -2.25. The van der Waals surface area contributed by atoms with Crippen LogP contribution in [-0.2, 0) is 9.53 Å². The molecule has 1 heterocycles. The summed E-state index contributed by atoms with van der Waals surface area (Å²) < 4.78 is 5.00. The Morgan fingerprint density at radius 1 is 1.50 bits per heavy atom. The molecule has 1 aliphatic rings. The molecule has 0 spiro atoms. The van der Waals surface area contributed by atoms with E-state index in [-0.39, 0.29) is 5.97 Å². The van der Waals surface area contributed by atoms with E-state index in [1.54, 1.807) is 6.92 Å². The first-order valence-electron chi connectivity index (χ1n) is 4.88. The molecule has 4 nitrogen and oxygen atoms in total. The third-order valence-corrected chi connectivity index (χ3v) is 2.14. The Morgan fingerprint density at radius 2 is 2.14 bits per heavy atom. The molecule has 0 N–H and O–H groups in total. The van der Waals surface area contributed by atoms with E-state index in [0.29, 0.717) is 12.2 Å². The van der Waals surface area contributed by atoms with E-state index in [9.17, 15) is 4.79 Å². The third-order valence-electron chi connectivity index (χ3n) is 2.14. The summed E-state index contributed by atoms with van der Waals surface area (Å²) in [5, 5.41) is 4.24. The maximum atomic E-state index is 11.0. The van der Waals surface area contributed by atoms with Gasteiger partial charge in [-0.2, -0.15) is 0 Å². The topological polar surface area (TPSA) is 43.6 Å². The zero-order valence-electron chi connectivity index (χ0n) is 8.66. The van der Waals surface area contributed by atoms with Gasteiger partial charge in [0.15, 0.2) is 0 Å². The highest BCUT2D eigenvalue weighted by Gasteiger charge is 2.10. The summed E-state index contributed by atoms with van der Waals surface area (Å²) >= 11 is 0. The summed E-state index contributed by atoms with van der Waals surface area (Å²) in [7, 11) is 0. The number of carbonyl (C=O) groups is 1. The number of ether oxygens (including phenoxy) is 1. The minimum atomic E-state index is -0.299. The molecule has 4 heteroatoms. The first-order valence-corrected chi connectivity index (χ1v) is 4.88. The van der Waals surface area contributed by atoms with Gasteiger partial charge in [-0.15, -0.1) is 0 Å². The highest BCUT2D eigenvalue weighted by molar-refractivity contribution is 5.86. The summed E-state index contributed by atoms with van der Waals surface area (Å²) in [6.07, 6.45) is 0. The lowest BCUT2D eigenvalue weighted by molar-refractivity contribution is -0.139. The molecule has 0 bridgehead atoms. The fraction of sp³-hybridized carbons (Fsp3) is 0.700. The van der Waals surface area contributed by atoms with E-state index in [2.05, 4.69) is 16.8 Å². The van der Waals surface area contributed by atoms with Crippen LogP contribution in [0.15, 0.2) is 12.2 Å². The van der Waals surface area contributed by atoms with Crippen LogP contribution >= 0.6 is 0 Å². The molecular weight excluding hydrogens is 180 g/mol. The van der Waals surface area contributed by atoms with E-state index in [1.807, 2.05) is 0 Å². The van der Waals surface area contributed by atoms with Gasteiger partial charge in [-0.05, 0) is 6.92 Å². The van der Waals surface area contributed by atoms with Crippen LogP contribution in [0.1, 0.15) is 6.92 Å². The van der Waals surface area contributed by atoms with E-state index < -0.39 is 0 Å². The Hall–Kier alpha value is -0.870. The maximum absolute atomic E-state index is 11.0. The monoisotopic (exact) mass is 197 g/mol.